The number of para-hydroxylation sites is 1. The highest BCUT2D eigenvalue weighted by atomic mass is 16.5. The van der Waals surface area contributed by atoms with Crippen molar-refractivity contribution in [1.82, 2.24) is 10.2 Å². The molecule has 1 aliphatic rings. The summed E-state index contributed by atoms with van der Waals surface area (Å²) >= 11 is 0. The molecule has 0 aromatic heterocycles. The summed E-state index contributed by atoms with van der Waals surface area (Å²) in [5.41, 5.74) is 0. The van der Waals surface area contributed by atoms with Crippen molar-refractivity contribution in [2.45, 2.75) is 6.92 Å². The van der Waals surface area contributed by atoms with Gasteiger partial charge >= 0.3 is 0 Å². The van der Waals surface area contributed by atoms with E-state index in [4.69, 9.17) is 4.74 Å². The lowest BCUT2D eigenvalue weighted by Gasteiger charge is -2.33. The van der Waals surface area contributed by atoms with Crippen LogP contribution in [0.15, 0.2) is 30.3 Å². The number of carbonyl (C=O) groups is 1. The van der Waals surface area contributed by atoms with Crippen molar-refractivity contribution in [3.05, 3.63) is 30.3 Å². The highest BCUT2D eigenvalue weighted by Gasteiger charge is 2.30. The van der Waals surface area contributed by atoms with Crippen LogP contribution in [0.4, 0.5) is 0 Å². The molecule has 1 unspecified atom stereocenters. The van der Waals surface area contributed by atoms with Gasteiger partial charge in [0.25, 0.3) is 0 Å². The summed E-state index contributed by atoms with van der Waals surface area (Å²) in [6, 6.07) is 9.68. The van der Waals surface area contributed by atoms with E-state index in [0.717, 1.165) is 18.8 Å². The van der Waals surface area contributed by atoms with Gasteiger partial charge in [-0.15, -0.1) is 0 Å². The zero-order chi connectivity index (χ0) is 13.7. The second-order valence-electron chi connectivity index (χ2n) is 5.13. The van der Waals surface area contributed by atoms with Crippen molar-refractivity contribution in [2.24, 2.45) is 11.8 Å². The van der Waals surface area contributed by atoms with Crippen LogP contribution in [0.2, 0.25) is 0 Å². The summed E-state index contributed by atoms with van der Waals surface area (Å²) in [5.74, 6) is 1.65. The first-order valence-corrected chi connectivity index (χ1v) is 6.82. The molecule has 4 heteroatoms. The molecule has 1 aromatic carbocycles. The highest BCUT2D eigenvalue weighted by Crippen LogP contribution is 2.17. The zero-order valence-electron chi connectivity index (χ0n) is 11.6. The molecule has 0 aliphatic carbocycles. The van der Waals surface area contributed by atoms with Gasteiger partial charge in [-0.05, 0) is 31.1 Å². The van der Waals surface area contributed by atoms with Gasteiger partial charge in [-0.1, -0.05) is 25.1 Å². The number of nitrogens with one attached hydrogen (secondary N) is 1. The average Bonchev–Trinajstić information content (AvgIpc) is 2.37. The number of hydrogen-bond donors (Lipinski definition) is 1. The number of amides is 1. The molecular weight excluding hydrogens is 240 g/mol. The van der Waals surface area contributed by atoms with Crippen LogP contribution in [-0.4, -0.2) is 44.1 Å². The van der Waals surface area contributed by atoms with Gasteiger partial charge in [-0.25, -0.2) is 0 Å². The van der Waals surface area contributed by atoms with Crippen molar-refractivity contribution in [1.29, 1.82) is 0 Å². The van der Waals surface area contributed by atoms with Crippen LogP contribution in [0, 0.1) is 11.8 Å². The van der Waals surface area contributed by atoms with E-state index < -0.39 is 0 Å². The van der Waals surface area contributed by atoms with Gasteiger partial charge in [0.05, 0.1) is 6.54 Å². The minimum atomic E-state index is 0.1000. The summed E-state index contributed by atoms with van der Waals surface area (Å²) < 4.78 is 5.60. The minimum absolute atomic E-state index is 0.1000. The monoisotopic (exact) mass is 262 g/mol. The van der Waals surface area contributed by atoms with E-state index in [1.54, 1.807) is 4.90 Å². The molecule has 104 valence electrons. The van der Waals surface area contributed by atoms with Crippen molar-refractivity contribution >= 4 is 5.91 Å². The first kappa shape index (κ1) is 13.9. The second-order valence-corrected chi connectivity index (χ2v) is 5.13. The fourth-order valence-corrected chi connectivity index (χ4v) is 2.14. The highest BCUT2D eigenvalue weighted by molar-refractivity contribution is 5.78. The van der Waals surface area contributed by atoms with E-state index in [0.29, 0.717) is 19.1 Å². The molecule has 0 saturated carbocycles. The SMILES string of the molecule is CC(C(=O)N(C)CCOc1ccccc1)C1CNC1. The molecule has 1 amide bonds. The standard InChI is InChI=1S/C15H22N2O2/c1-12(13-10-16-11-13)15(18)17(2)8-9-19-14-6-4-3-5-7-14/h3-7,12-13,16H,8-11H2,1-2H3. The van der Waals surface area contributed by atoms with Crippen LogP contribution in [0.5, 0.6) is 5.75 Å². The van der Waals surface area contributed by atoms with E-state index >= 15 is 0 Å². The molecule has 2 rings (SSSR count). The summed E-state index contributed by atoms with van der Waals surface area (Å²) in [5, 5.41) is 3.21. The fraction of sp³-hybridized carbons (Fsp3) is 0.533. The molecule has 1 atom stereocenters. The van der Waals surface area contributed by atoms with Gasteiger partial charge < -0.3 is 15.0 Å². The first-order chi connectivity index (χ1) is 9.18. The zero-order valence-corrected chi connectivity index (χ0v) is 11.6. The fourth-order valence-electron chi connectivity index (χ4n) is 2.14. The van der Waals surface area contributed by atoms with Gasteiger partial charge in [-0.3, -0.25) is 4.79 Å². The van der Waals surface area contributed by atoms with Crippen LogP contribution in [0.3, 0.4) is 0 Å². The number of hydrogen-bond acceptors (Lipinski definition) is 3. The number of benzene rings is 1. The predicted octanol–water partition coefficient (Wildman–Crippen LogP) is 1.38. The normalized spacial score (nSPS) is 16.5. The molecule has 0 radical (unpaired) electrons. The van der Waals surface area contributed by atoms with Crippen molar-refractivity contribution in [3.8, 4) is 5.75 Å². The van der Waals surface area contributed by atoms with Crippen LogP contribution in [0.25, 0.3) is 0 Å². The molecule has 19 heavy (non-hydrogen) atoms. The van der Waals surface area contributed by atoms with Crippen molar-refractivity contribution in [3.63, 3.8) is 0 Å². The molecule has 0 spiro atoms. The lowest BCUT2D eigenvalue weighted by Crippen LogP contribution is -2.50. The Bertz CT molecular complexity index is 404. The van der Waals surface area contributed by atoms with Crippen LogP contribution in [0.1, 0.15) is 6.92 Å². The van der Waals surface area contributed by atoms with E-state index in [2.05, 4.69) is 5.32 Å². The first-order valence-electron chi connectivity index (χ1n) is 6.82. The number of nitrogens with zero attached hydrogens (tertiary/aromatic N) is 1. The number of rotatable bonds is 6. The summed E-state index contributed by atoms with van der Waals surface area (Å²) in [7, 11) is 1.85. The molecular formula is C15H22N2O2. The lowest BCUT2D eigenvalue weighted by atomic mass is 9.88. The Labute approximate surface area is 114 Å². The number of carbonyl (C=O) groups excluding carboxylic acids is 1. The van der Waals surface area contributed by atoms with Crippen molar-refractivity contribution < 1.29 is 9.53 Å². The maximum Gasteiger partial charge on any atom is 0.225 e. The molecule has 4 nitrogen and oxygen atoms in total. The van der Waals surface area contributed by atoms with E-state index in [9.17, 15) is 4.79 Å². The molecule has 0 bridgehead atoms. The topological polar surface area (TPSA) is 41.6 Å². The Morgan fingerprint density at radius 3 is 2.68 bits per heavy atom. The van der Waals surface area contributed by atoms with E-state index in [1.165, 1.54) is 0 Å². The van der Waals surface area contributed by atoms with Crippen LogP contribution >= 0.6 is 0 Å². The molecule has 1 heterocycles. The number of likely N-dealkylation sites (N-methyl/N-ethyl adjacent to an activating group) is 1. The van der Waals surface area contributed by atoms with Gasteiger partial charge in [0.2, 0.25) is 5.91 Å². The molecule has 1 fully saturated rings. The Balaban J connectivity index is 1.71. The quantitative estimate of drug-likeness (QED) is 0.842. The van der Waals surface area contributed by atoms with Crippen LogP contribution in [-0.2, 0) is 4.79 Å². The van der Waals surface area contributed by atoms with Crippen molar-refractivity contribution in [2.75, 3.05) is 33.3 Å². The molecule has 1 aliphatic heterocycles. The summed E-state index contributed by atoms with van der Waals surface area (Å²) in [6.07, 6.45) is 0. The Kier molecular flexibility index (Phi) is 4.80. The van der Waals surface area contributed by atoms with Gasteiger partial charge in [0, 0.05) is 13.0 Å². The second kappa shape index (κ2) is 6.57. The molecule has 1 aromatic rings. The molecule has 1 saturated heterocycles. The minimum Gasteiger partial charge on any atom is -0.492 e. The lowest BCUT2D eigenvalue weighted by molar-refractivity contribution is -0.136. The predicted molar refractivity (Wildman–Crippen MR) is 75.1 cm³/mol. The Morgan fingerprint density at radius 2 is 2.11 bits per heavy atom. The average molecular weight is 262 g/mol. The van der Waals surface area contributed by atoms with E-state index in [-0.39, 0.29) is 11.8 Å². The Morgan fingerprint density at radius 1 is 1.42 bits per heavy atom. The van der Waals surface area contributed by atoms with E-state index in [1.807, 2.05) is 44.3 Å². The number of ether oxygens (including phenoxy) is 1. The van der Waals surface area contributed by atoms with Gasteiger partial charge in [0.1, 0.15) is 12.4 Å². The van der Waals surface area contributed by atoms with Crippen LogP contribution < -0.4 is 10.1 Å². The molecule has 1 N–H and O–H groups in total. The largest absolute Gasteiger partial charge is 0.492 e. The Hall–Kier alpha value is -1.55. The maximum atomic E-state index is 12.2. The summed E-state index contributed by atoms with van der Waals surface area (Å²) in [6.45, 7) is 5.09. The third-order valence-corrected chi connectivity index (χ3v) is 3.72. The van der Waals surface area contributed by atoms with Gasteiger partial charge in [0.15, 0.2) is 0 Å². The van der Waals surface area contributed by atoms with Gasteiger partial charge in [-0.2, -0.15) is 0 Å². The maximum absolute atomic E-state index is 12.2. The third-order valence-electron chi connectivity index (χ3n) is 3.72. The smallest absolute Gasteiger partial charge is 0.225 e. The third kappa shape index (κ3) is 3.70. The summed E-state index contributed by atoms with van der Waals surface area (Å²) in [4.78, 5) is 13.9.